The van der Waals surface area contributed by atoms with Gasteiger partial charge in [0.05, 0.1) is 14.3 Å². The minimum atomic E-state index is -3.45. The van der Waals surface area contributed by atoms with Crippen molar-refractivity contribution in [3.8, 4) is 11.8 Å². The Morgan fingerprint density at radius 2 is 1.52 bits per heavy atom. The minimum absolute atomic E-state index is 0.407. The van der Waals surface area contributed by atoms with Gasteiger partial charge in [-0.2, -0.15) is 8.42 Å². The first kappa shape index (κ1) is 20.7. The van der Waals surface area contributed by atoms with Crippen LogP contribution in [0.2, 0.25) is 25.2 Å². The van der Waals surface area contributed by atoms with Crippen LogP contribution in [-0.4, -0.2) is 28.9 Å². The van der Waals surface area contributed by atoms with E-state index in [4.69, 9.17) is 4.18 Å². The second-order valence-corrected chi connectivity index (χ2v) is 13.8. The molecule has 124 valence electrons. The zero-order chi connectivity index (χ0) is 16.5. The molecule has 0 spiro atoms. The van der Waals surface area contributed by atoms with Crippen LogP contribution in [0.4, 0.5) is 0 Å². The Morgan fingerprint density at radius 1 is 1.00 bits per heavy atom. The van der Waals surface area contributed by atoms with Gasteiger partial charge in [-0.05, 0) is 12.8 Å². The summed E-state index contributed by atoms with van der Waals surface area (Å²) in [5, 5.41) is 0. The van der Waals surface area contributed by atoms with Gasteiger partial charge in [0.2, 0.25) is 0 Å². The monoisotopic (exact) mass is 332 g/mol. The van der Waals surface area contributed by atoms with Gasteiger partial charge >= 0.3 is 0 Å². The number of unbranched alkanes of at least 4 members (excludes halogenated alkanes) is 2. The number of rotatable bonds is 9. The SMILES string of the molecule is CCCCC(C#CC(CCCC)[Si](C)(C)C)OS(C)(=O)=O. The molecule has 0 aromatic heterocycles. The van der Waals surface area contributed by atoms with E-state index in [1.807, 2.05) is 0 Å². The highest BCUT2D eigenvalue weighted by molar-refractivity contribution is 7.86. The van der Waals surface area contributed by atoms with Crippen molar-refractivity contribution in [3.05, 3.63) is 0 Å². The van der Waals surface area contributed by atoms with Gasteiger partial charge in [0, 0.05) is 5.54 Å². The fourth-order valence-electron chi connectivity index (χ4n) is 2.07. The first-order valence-corrected chi connectivity index (χ1v) is 13.4. The molecule has 2 unspecified atom stereocenters. The number of hydrogen-bond donors (Lipinski definition) is 0. The van der Waals surface area contributed by atoms with E-state index in [2.05, 4.69) is 45.3 Å². The molecule has 0 aromatic rings. The van der Waals surface area contributed by atoms with Crippen molar-refractivity contribution in [1.82, 2.24) is 0 Å². The van der Waals surface area contributed by atoms with Crippen molar-refractivity contribution in [2.75, 3.05) is 6.26 Å². The molecule has 0 N–H and O–H groups in total. The lowest BCUT2D eigenvalue weighted by molar-refractivity contribution is 0.252. The van der Waals surface area contributed by atoms with Crippen molar-refractivity contribution in [2.24, 2.45) is 0 Å². The summed E-state index contributed by atoms with van der Waals surface area (Å²) in [5.41, 5.74) is 0.407. The van der Waals surface area contributed by atoms with Crippen LogP contribution >= 0.6 is 0 Å². The first-order chi connectivity index (χ1) is 9.60. The Hall–Kier alpha value is -0.313. The summed E-state index contributed by atoms with van der Waals surface area (Å²) in [6.07, 6.45) is 6.69. The van der Waals surface area contributed by atoms with E-state index in [0.717, 1.165) is 25.5 Å². The maximum Gasteiger partial charge on any atom is 0.265 e. The van der Waals surface area contributed by atoms with Crippen LogP contribution in [0.15, 0.2) is 0 Å². The molecule has 0 aliphatic rings. The molecule has 0 aliphatic carbocycles. The molecule has 21 heavy (non-hydrogen) atoms. The number of hydrogen-bond acceptors (Lipinski definition) is 3. The topological polar surface area (TPSA) is 43.4 Å². The maximum atomic E-state index is 11.3. The summed E-state index contributed by atoms with van der Waals surface area (Å²) in [6, 6.07) is 0. The molecule has 0 aromatic carbocycles. The molecule has 0 bridgehead atoms. The lowest BCUT2D eigenvalue weighted by Crippen LogP contribution is -2.27. The zero-order valence-corrected chi connectivity index (χ0v) is 16.3. The lowest BCUT2D eigenvalue weighted by Gasteiger charge is -2.24. The molecular weight excluding hydrogens is 300 g/mol. The zero-order valence-electron chi connectivity index (χ0n) is 14.5. The molecule has 0 rings (SSSR count). The van der Waals surface area contributed by atoms with E-state index < -0.39 is 24.3 Å². The third kappa shape index (κ3) is 11.0. The highest BCUT2D eigenvalue weighted by atomic mass is 32.2. The van der Waals surface area contributed by atoms with Gasteiger partial charge in [-0.1, -0.05) is 65.1 Å². The second kappa shape index (κ2) is 9.65. The van der Waals surface area contributed by atoms with E-state index in [1.54, 1.807) is 0 Å². The van der Waals surface area contributed by atoms with Crippen LogP contribution < -0.4 is 0 Å². The molecule has 0 aliphatic heterocycles. The predicted molar refractivity (Wildman–Crippen MR) is 93.6 cm³/mol. The van der Waals surface area contributed by atoms with Gasteiger partial charge < -0.3 is 0 Å². The molecule has 5 heteroatoms. The molecule has 0 amide bonds. The quantitative estimate of drug-likeness (QED) is 0.356. The highest BCUT2D eigenvalue weighted by Crippen LogP contribution is 2.26. The van der Waals surface area contributed by atoms with E-state index in [1.165, 1.54) is 12.8 Å². The lowest BCUT2D eigenvalue weighted by atomic mass is 10.1. The predicted octanol–water partition coefficient (Wildman–Crippen LogP) is 4.42. The fourth-order valence-corrected chi connectivity index (χ4v) is 4.22. The van der Waals surface area contributed by atoms with Crippen LogP contribution in [0.3, 0.4) is 0 Å². The van der Waals surface area contributed by atoms with E-state index in [-0.39, 0.29) is 0 Å². The molecule has 2 atom stereocenters. The van der Waals surface area contributed by atoms with Crippen molar-refractivity contribution < 1.29 is 12.6 Å². The normalized spacial score (nSPS) is 15.1. The van der Waals surface area contributed by atoms with Crippen LogP contribution in [0.5, 0.6) is 0 Å². The Bertz CT molecular complexity index is 440. The van der Waals surface area contributed by atoms with Gasteiger partial charge in [0.15, 0.2) is 0 Å². The molecule has 0 fully saturated rings. The standard InChI is InChI=1S/C16H32O3SSi/c1-7-9-11-15(19-20(3,17)18)13-14-16(12-10-8-2)21(4,5)6/h15-16H,7-12H2,1-6H3. The van der Waals surface area contributed by atoms with Gasteiger partial charge in [-0.25, -0.2) is 0 Å². The Kier molecular flexibility index (Phi) is 9.51. The van der Waals surface area contributed by atoms with Crippen molar-refractivity contribution in [2.45, 2.75) is 83.7 Å². The molecular formula is C16H32O3SSi. The van der Waals surface area contributed by atoms with Gasteiger partial charge in [0.25, 0.3) is 10.1 Å². The summed E-state index contributed by atoms with van der Waals surface area (Å²) in [5.74, 6) is 6.46. The van der Waals surface area contributed by atoms with Crippen LogP contribution in [-0.2, 0) is 14.3 Å². The summed E-state index contributed by atoms with van der Waals surface area (Å²) in [4.78, 5) is 0. The van der Waals surface area contributed by atoms with E-state index >= 15 is 0 Å². The smallest absolute Gasteiger partial charge is 0.254 e. The summed E-state index contributed by atoms with van der Waals surface area (Å²) in [6.45, 7) is 11.2. The Balaban J connectivity index is 4.99. The Morgan fingerprint density at radius 3 is 1.95 bits per heavy atom. The second-order valence-electron chi connectivity index (χ2n) is 6.78. The van der Waals surface area contributed by atoms with E-state index in [0.29, 0.717) is 12.0 Å². The summed E-state index contributed by atoms with van der Waals surface area (Å²) >= 11 is 0. The van der Waals surface area contributed by atoms with Crippen LogP contribution in [0.25, 0.3) is 0 Å². The molecule has 0 saturated carbocycles. The average Bonchev–Trinajstić information content (AvgIpc) is 2.32. The first-order valence-electron chi connectivity index (χ1n) is 7.99. The summed E-state index contributed by atoms with van der Waals surface area (Å²) in [7, 11) is -4.80. The highest BCUT2D eigenvalue weighted by Gasteiger charge is 2.24. The third-order valence-corrected chi connectivity index (χ3v) is 6.53. The third-order valence-electron chi connectivity index (χ3n) is 3.42. The van der Waals surface area contributed by atoms with Gasteiger partial charge in [0.1, 0.15) is 6.10 Å². The van der Waals surface area contributed by atoms with Crippen molar-refractivity contribution in [1.29, 1.82) is 0 Å². The van der Waals surface area contributed by atoms with Crippen molar-refractivity contribution >= 4 is 18.2 Å². The minimum Gasteiger partial charge on any atom is -0.254 e. The molecule has 0 heterocycles. The Labute approximate surface area is 133 Å². The maximum absolute atomic E-state index is 11.3. The van der Waals surface area contributed by atoms with E-state index in [9.17, 15) is 8.42 Å². The van der Waals surface area contributed by atoms with Gasteiger partial charge in [-0.3, -0.25) is 4.18 Å². The molecule has 3 nitrogen and oxygen atoms in total. The van der Waals surface area contributed by atoms with Crippen LogP contribution in [0.1, 0.15) is 52.4 Å². The van der Waals surface area contributed by atoms with Crippen molar-refractivity contribution in [3.63, 3.8) is 0 Å². The molecule has 0 saturated heterocycles. The van der Waals surface area contributed by atoms with Crippen LogP contribution in [0, 0.1) is 11.8 Å². The fraction of sp³-hybridized carbons (Fsp3) is 0.875. The molecule has 0 radical (unpaired) electrons. The van der Waals surface area contributed by atoms with Gasteiger partial charge in [-0.15, -0.1) is 5.92 Å². The average molecular weight is 333 g/mol. The summed E-state index contributed by atoms with van der Waals surface area (Å²) < 4.78 is 27.8. The largest absolute Gasteiger partial charge is 0.265 e.